The fourth-order valence-corrected chi connectivity index (χ4v) is 19.6. The van der Waals surface area contributed by atoms with Gasteiger partial charge in [-0.25, -0.2) is 10.1 Å². The van der Waals surface area contributed by atoms with Crippen molar-refractivity contribution in [1.82, 2.24) is 0 Å². The summed E-state index contributed by atoms with van der Waals surface area (Å²) in [6.45, 7) is 77.1. The summed E-state index contributed by atoms with van der Waals surface area (Å²) in [5, 5.41) is 51.1. The molecule has 14 atom stereocenters. The number of carbonyl (C=O) groups excluding carboxylic acids is 6. The first-order valence-electron chi connectivity index (χ1n) is 51.8. The molecule has 5 aliphatic rings. The molecule has 19 nitrogen and oxygen atoms in total. The van der Waals surface area contributed by atoms with Crippen molar-refractivity contribution in [3.05, 3.63) is 201 Å². The van der Waals surface area contributed by atoms with Crippen LogP contribution in [0.15, 0.2) is 201 Å². The van der Waals surface area contributed by atoms with Crippen molar-refractivity contribution < 1.29 is 125 Å². The number of nitriles is 4. The van der Waals surface area contributed by atoms with E-state index in [0.29, 0.717) is 94.5 Å². The van der Waals surface area contributed by atoms with Crippen LogP contribution in [-0.2, 0) is 56.6 Å². The van der Waals surface area contributed by atoms with E-state index in [1.54, 1.807) is 92.4 Å². The Balaban J connectivity index is -0.000000178. The van der Waals surface area contributed by atoms with Crippen LogP contribution in [0.3, 0.4) is 0 Å². The van der Waals surface area contributed by atoms with Crippen molar-refractivity contribution in [2.75, 3.05) is 26.0 Å². The van der Waals surface area contributed by atoms with Crippen molar-refractivity contribution in [2.24, 2.45) is 98.1 Å². The van der Waals surface area contributed by atoms with Crippen molar-refractivity contribution in [2.45, 2.75) is 398 Å². The van der Waals surface area contributed by atoms with Gasteiger partial charge in [-0.2, -0.15) is 21.0 Å². The molecular weight excluding hydrogens is 1890 g/mol. The van der Waals surface area contributed by atoms with Crippen LogP contribution in [0.4, 0.5) is 0 Å². The molecule has 5 saturated carbocycles. The molecule has 0 heterocycles. The van der Waals surface area contributed by atoms with Crippen LogP contribution in [0.1, 0.15) is 394 Å². The van der Waals surface area contributed by atoms with Crippen LogP contribution in [0, 0.1) is 143 Å². The minimum Gasteiger partial charge on any atom is -0.850 e. The molecule has 0 aromatic rings. The largest absolute Gasteiger partial charge is 1.00 e. The number of carbonyl (C=O) groups is 6. The van der Waals surface area contributed by atoms with Gasteiger partial charge in [0, 0.05) is 56.4 Å². The third-order valence-corrected chi connectivity index (χ3v) is 28.0. The Bertz CT molecular complexity index is 4500. The van der Waals surface area contributed by atoms with Crippen molar-refractivity contribution in [3.63, 3.8) is 0 Å². The maximum atomic E-state index is 11.5. The summed E-state index contributed by atoms with van der Waals surface area (Å²) in [6, 6.07) is 7.80. The van der Waals surface area contributed by atoms with E-state index in [9.17, 15) is 38.4 Å². The van der Waals surface area contributed by atoms with Gasteiger partial charge in [0.2, 0.25) is 7.37 Å². The molecule has 0 amide bonds. The Morgan fingerprint density at radius 3 is 1.09 bits per heavy atom. The molecule has 146 heavy (non-hydrogen) atoms. The van der Waals surface area contributed by atoms with E-state index >= 15 is 0 Å². The Morgan fingerprint density at radius 2 is 0.822 bits per heavy atom. The molecule has 1 N–H and O–H groups in total. The average molecular weight is 2100 g/mol. The van der Waals surface area contributed by atoms with Crippen LogP contribution in [0.5, 0.6) is 0 Å². The van der Waals surface area contributed by atoms with E-state index in [-0.39, 0.29) is 90.5 Å². The average Bonchev–Trinajstić information content (AvgIpc) is 0.836. The van der Waals surface area contributed by atoms with Gasteiger partial charge in [-0.1, -0.05) is 342 Å². The molecule has 0 aliphatic heterocycles. The normalized spacial score (nSPS) is 22.2. The van der Waals surface area contributed by atoms with Gasteiger partial charge in [0.25, 0.3) is 0 Å². The van der Waals surface area contributed by atoms with E-state index in [1.807, 2.05) is 70.2 Å². The molecule has 0 aromatic carbocycles. The summed E-state index contributed by atoms with van der Waals surface area (Å²) < 4.78 is 37.6. The van der Waals surface area contributed by atoms with Gasteiger partial charge in [0.05, 0.1) is 37.7 Å². The first-order valence-corrected chi connectivity index (χ1v) is 55.2. The number of hydrogen-bond donors (Lipinski definition) is 1. The molecule has 5 fully saturated rings. The van der Waals surface area contributed by atoms with Gasteiger partial charge in [-0.05, 0) is 305 Å². The topological polar surface area (TPSA) is 335 Å². The smallest absolute Gasteiger partial charge is 0.850 e. The SMILES string of the molecule is C.C.CC(/C=C/C1C(C)CCCC1(C)C)=C\C#N.CC(/C=C/C1C(C)CCCC1(C)C)=C\C=O.CC(/C=C/C=C(C)/C=C/C1C(C)CCCC1(C)C)=C\C#N.CC(/C=C/C=C(C)/C=C/C1C(C)CCCC1(C)C)=C\C=O.CC(=O)O/C=C\C(C)CCC=C(C)C.CC(C)(C)[O-].CC(C)=CCCC(C)CC=O.CC1CCCC(C)(C)C1C=O.CCOC(=O)C(C#N)=C(C)C.CCOP(C)(=O)C/C(C)=C/C#N.O=[P+]([O-])OO.[HH].[K+]. The quantitative estimate of drug-likeness (QED) is 0.00559. The Morgan fingerprint density at radius 1 is 0.514 bits per heavy atom. The van der Waals surface area contributed by atoms with Crippen molar-refractivity contribution in [3.8, 4) is 24.3 Å². The second kappa shape index (κ2) is 88.5. The zero-order valence-electron chi connectivity index (χ0n) is 97.1. The van der Waals surface area contributed by atoms with Gasteiger partial charge in [0.1, 0.15) is 36.8 Å². The maximum Gasteiger partial charge on any atom is 1.00 e. The Labute approximate surface area is 938 Å². The van der Waals surface area contributed by atoms with Gasteiger partial charge in [-0.3, -0.25) is 18.9 Å². The van der Waals surface area contributed by atoms with E-state index in [2.05, 4.69) is 248 Å². The van der Waals surface area contributed by atoms with Crippen LogP contribution in [0.2, 0.25) is 0 Å². The second-order valence-electron chi connectivity index (χ2n) is 44.6. The van der Waals surface area contributed by atoms with Crippen LogP contribution < -0.4 is 61.4 Å². The predicted molar refractivity (Wildman–Crippen MR) is 612 cm³/mol. The van der Waals surface area contributed by atoms with Gasteiger partial charge < -0.3 is 33.6 Å². The zero-order chi connectivity index (χ0) is 112. The number of hydrogen-bond acceptors (Lipinski definition) is 19. The Kier molecular flexibility index (Phi) is 94.9. The minimum absolute atomic E-state index is 0. The monoisotopic (exact) mass is 2090 g/mol. The number of aldehydes is 4. The second-order valence-corrected chi connectivity index (χ2v) is 47.8. The van der Waals surface area contributed by atoms with Crippen LogP contribution >= 0.6 is 15.6 Å². The summed E-state index contributed by atoms with van der Waals surface area (Å²) >= 11 is 0. The molecule has 0 spiro atoms. The fraction of sp³-hybridized carbons (Fsp3) is 0.645. The molecule has 5 rings (SSSR count). The Hall–Kier alpha value is -7.07. The fourth-order valence-electron chi connectivity index (χ4n) is 18.0. The van der Waals surface area contributed by atoms with Crippen LogP contribution in [0.25, 0.3) is 0 Å². The number of rotatable bonds is 32. The van der Waals surface area contributed by atoms with Crippen molar-refractivity contribution in [1.29, 1.82) is 21.0 Å². The summed E-state index contributed by atoms with van der Waals surface area (Å²) in [6.07, 6.45) is 75.0. The molecule has 22 heteroatoms. The van der Waals surface area contributed by atoms with Gasteiger partial charge >= 0.3 is 71.6 Å². The van der Waals surface area contributed by atoms with Crippen molar-refractivity contribution >= 4 is 52.7 Å². The summed E-state index contributed by atoms with van der Waals surface area (Å²) in [5.74, 6) is 6.74. The number of esters is 2. The summed E-state index contributed by atoms with van der Waals surface area (Å²) in [7, 11) is -5.54. The third-order valence-electron chi connectivity index (χ3n) is 26.0. The zero-order valence-corrected chi connectivity index (χ0v) is 102. The number of ether oxygens (including phenoxy) is 2. The molecule has 0 aromatic heterocycles. The predicted octanol–water partition coefficient (Wildman–Crippen LogP) is 31.3. The molecule has 0 saturated heterocycles. The maximum absolute atomic E-state index is 11.5. The number of allylic oxidation sites excluding steroid dienone is 32. The molecule has 14 unspecified atom stereocenters. The van der Waals surface area contributed by atoms with E-state index in [0.717, 1.165) is 102 Å². The standard InChI is InChI=1S/C20H29N.C20H30O.C15H23N.C15H24O.C12H20O2.2C10H18O.C8H14NO2P.C8H11NO2.C4H9O.2CH4.K.HO4P.H2/c2*1-16(8-6-9-17(2)13-15-21)11-12-19-18(3)10-7-14-20(19,4)5;2*1-12(9-11-16)7-8-14-13(2)6-5-10-15(14,3)4;1-10(2)6-5-7-11(3)8-9-14-12(4)13;1-8-5-4-6-10(2,3)9(8)7-11;1-9(2)5-4-6-10(3)7-8-11;1-4-11-12(3,10)7-8(2)5-6-9;1-4-11-8(10)7(5-9)6(2)3;1-4(2,3)5;;;;1-4-5(2)3;/h6,8-9,11-13,18-19H,7,10,14H2,1-5H3;6,8-9,11-13,15,18-19H,7,10,14H2,1-5H3;7-9,13-14H,5-6,10H2,1-4H3;7-9,11,13-14H,5-6,10H2,1-4H3;6,8-9,11H,5,7H2,1-4H3;7-9H,4-6H2,1-3H3;5,8,10H,4,6-7H2,1-3H3;5H,4,7H2,1-3H3;4H2,1-3H3;1-3H3;2*1H4;;1H;1H/q;;;;;;;;;-1;;;+1;;/b2*9-6+,12-11+,16-8+,17-13+;2*8-7+,12-9+;9-8-;;;8-5+;;;;;;;. The van der Waals surface area contributed by atoms with E-state index in [4.69, 9.17) is 45.0 Å². The van der Waals surface area contributed by atoms with E-state index in [1.165, 1.54) is 138 Å². The molecule has 824 valence electrons. The van der Waals surface area contributed by atoms with Gasteiger partial charge in [0.15, 0.2) is 0 Å². The summed E-state index contributed by atoms with van der Waals surface area (Å²) in [4.78, 5) is 71.9. The molecular formula is C124H207KN4O15P2. The molecule has 0 radical (unpaired) electrons. The van der Waals surface area contributed by atoms with Gasteiger partial charge in [-0.15, -0.1) is 5.60 Å². The minimum atomic E-state index is -3.04. The van der Waals surface area contributed by atoms with Crippen LogP contribution in [-0.4, -0.2) is 74.0 Å². The first-order chi connectivity index (χ1) is 66.3. The van der Waals surface area contributed by atoms with E-state index < -0.39 is 27.2 Å². The summed E-state index contributed by atoms with van der Waals surface area (Å²) in [5.41, 5.74) is 12.0. The molecule has 0 bridgehead atoms. The molecule has 5 aliphatic carbocycles. The first kappa shape index (κ1) is 157. The third kappa shape index (κ3) is 85.6. The number of nitrogens with zero attached hydrogens (tertiary/aromatic N) is 4.